The molecule has 2 nitrogen and oxygen atoms in total. The summed E-state index contributed by atoms with van der Waals surface area (Å²) in [5, 5.41) is 2.55. The molecule has 2 aromatic rings. The van der Waals surface area contributed by atoms with Crippen molar-refractivity contribution in [1.29, 1.82) is 0 Å². The minimum absolute atomic E-state index is 0.281. The standard InChI is InChI=1S/C17H21BrN2/c18-16-9-8-13-10-15(7-6-14(13)11-16)17(20-19)12-4-2-1-3-5-12/h6-12,17,20H,1-5,19H2. The molecule has 0 bridgehead atoms. The van der Waals surface area contributed by atoms with Crippen LogP contribution in [0.4, 0.5) is 0 Å². The fraction of sp³-hybridized carbons (Fsp3) is 0.412. The topological polar surface area (TPSA) is 38.0 Å². The minimum Gasteiger partial charge on any atom is -0.271 e. The molecule has 3 rings (SSSR count). The zero-order valence-corrected chi connectivity index (χ0v) is 13.2. The van der Waals surface area contributed by atoms with Crippen molar-refractivity contribution in [3.8, 4) is 0 Å². The van der Waals surface area contributed by atoms with Gasteiger partial charge in [0.05, 0.1) is 0 Å². The molecular formula is C17H21BrN2. The van der Waals surface area contributed by atoms with Crippen LogP contribution < -0.4 is 11.3 Å². The highest BCUT2D eigenvalue weighted by Gasteiger charge is 2.24. The molecule has 3 N–H and O–H groups in total. The number of halogens is 1. The van der Waals surface area contributed by atoms with Gasteiger partial charge in [-0.2, -0.15) is 0 Å². The Hall–Kier alpha value is -0.900. The molecule has 2 aromatic carbocycles. The molecule has 1 aliphatic rings. The second kappa shape index (κ2) is 6.25. The fourth-order valence-electron chi connectivity index (χ4n) is 3.40. The van der Waals surface area contributed by atoms with Gasteiger partial charge in [-0.3, -0.25) is 11.3 Å². The van der Waals surface area contributed by atoms with Gasteiger partial charge in [0.15, 0.2) is 0 Å². The molecule has 1 aliphatic carbocycles. The van der Waals surface area contributed by atoms with E-state index in [0.29, 0.717) is 5.92 Å². The number of hydrazine groups is 1. The Kier molecular flexibility index (Phi) is 4.39. The van der Waals surface area contributed by atoms with Gasteiger partial charge in [-0.05, 0) is 53.3 Å². The van der Waals surface area contributed by atoms with E-state index < -0.39 is 0 Å². The van der Waals surface area contributed by atoms with E-state index in [4.69, 9.17) is 5.84 Å². The van der Waals surface area contributed by atoms with Crippen LogP contribution in [0.1, 0.15) is 43.7 Å². The van der Waals surface area contributed by atoms with Gasteiger partial charge in [-0.25, -0.2) is 0 Å². The molecular weight excluding hydrogens is 312 g/mol. The van der Waals surface area contributed by atoms with Gasteiger partial charge >= 0.3 is 0 Å². The SMILES string of the molecule is NNC(c1ccc2cc(Br)ccc2c1)C1CCCCC1. The van der Waals surface area contributed by atoms with E-state index in [-0.39, 0.29) is 6.04 Å². The molecule has 0 aliphatic heterocycles. The predicted molar refractivity (Wildman–Crippen MR) is 88.3 cm³/mol. The van der Waals surface area contributed by atoms with Crippen LogP contribution in [0, 0.1) is 5.92 Å². The molecule has 0 heterocycles. The number of hydrogen-bond donors (Lipinski definition) is 2. The van der Waals surface area contributed by atoms with Gasteiger partial charge in [0.2, 0.25) is 0 Å². The molecule has 0 aromatic heterocycles. The third kappa shape index (κ3) is 2.90. The van der Waals surface area contributed by atoms with Gasteiger partial charge < -0.3 is 0 Å². The smallest absolute Gasteiger partial charge is 0.0488 e. The van der Waals surface area contributed by atoms with Crippen LogP contribution in [0.2, 0.25) is 0 Å². The maximum atomic E-state index is 5.85. The second-order valence-electron chi connectivity index (χ2n) is 5.79. The third-order valence-electron chi connectivity index (χ3n) is 4.49. The lowest BCUT2D eigenvalue weighted by molar-refractivity contribution is 0.273. The maximum absolute atomic E-state index is 5.85. The van der Waals surface area contributed by atoms with Gasteiger partial charge in [0.1, 0.15) is 0 Å². The lowest BCUT2D eigenvalue weighted by Gasteiger charge is -2.30. The Labute approximate surface area is 128 Å². The van der Waals surface area contributed by atoms with E-state index in [1.165, 1.54) is 48.4 Å². The van der Waals surface area contributed by atoms with E-state index in [2.05, 4.69) is 57.8 Å². The van der Waals surface area contributed by atoms with Crippen molar-refractivity contribution in [2.45, 2.75) is 38.1 Å². The molecule has 1 atom stereocenters. The summed E-state index contributed by atoms with van der Waals surface area (Å²) >= 11 is 3.52. The Bertz CT molecular complexity index is 591. The molecule has 3 heteroatoms. The van der Waals surface area contributed by atoms with E-state index >= 15 is 0 Å². The molecule has 0 saturated heterocycles. The van der Waals surface area contributed by atoms with E-state index in [1.54, 1.807) is 0 Å². The van der Waals surface area contributed by atoms with Crippen molar-refractivity contribution in [2.75, 3.05) is 0 Å². The highest BCUT2D eigenvalue weighted by molar-refractivity contribution is 9.10. The Balaban J connectivity index is 1.92. The summed E-state index contributed by atoms with van der Waals surface area (Å²) in [6.07, 6.45) is 6.62. The predicted octanol–water partition coefficient (Wildman–Crippen LogP) is 4.69. The van der Waals surface area contributed by atoms with Crippen LogP contribution in [-0.2, 0) is 0 Å². The summed E-state index contributed by atoms with van der Waals surface area (Å²) in [4.78, 5) is 0. The normalized spacial score (nSPS) is 18.3. The molecule has 0 amide bonds. The van der Waals surface area contributed by atoms with Gasteiger partial charge in [-0.1, -0.05) is 53.4 Å². The van der Waals surface area contributed by atoms with Crippen LogP contribution in [0.25, 0.3) is 10.8 Å². The fourth-order valence-corrected chi connectivity index (χ4v) is 3.78. The molecule has 0 spiro atoms. The zero-order valence-electron chi connectivity index (χ0n) is 11.6. The molecule has 1 fully saturated rings. The number of rotatable bonds is 3. The maximum Gasteiger partial charge on any atom is 0.0488 e. The van der Waals surface area contributed by atoms with E-state index in [1.807, 2.05) is 0 Å². The molecule has 20 heavy (non-hydrogen) atoms. The lowest BCUT2D eigenvalue weighted by atomic mass is 9.81. The summed E-state index contributed by atoms with van der Waals surface area (Å²) in [5.74, 6) is 6.51. The van der Waals surface area contributed by atoms with Crippen LogP contribution in [-0.4, -0.2) is 0 Å². The Morgan fingerprint density at radius 1 is 1.00 bits per heavy atom. The van der Waals surface area contributed by atoms with Crippen molar-refractivity contribution in [1.82, 2.24) is 5.43 Å². The van der Waals surface area contributed by atoms with Crippen molar-refractivity contribution in [2.24, 2.45) is 11.8 Å². The van der Waals surface area contributed by atoms with Crippen molar-refractivity contribution in [3.63, 3.8) is 0 Å². The number of fused-ring (bicyclic) bond motifs is 1. The first-order valence-corrected chi connectivity index (χ1v) is 8.22. The first-order valence-electron chi connectivity index (χ1n) is 7.43. The van der Waals surface area contributed by atoms with E-state index in [9.17, 15) is 0 Å². The Morgan fingerprint density at radius 2 is 1.70 bits per heavy atom. The monoisotopic (exact) mass is 332 g/mol. The number of nitrogens with two attached hydrogens (primary N) is 1. The van der Waals surface area contributed by atoms with Gasteiger partial charge in [0.25, 0.3) is 0 Å². The van der Waals surface area contributed by atoms with Crippen molar-refractivity contribution >= 4 is 26.7 Å². The minimum atomic E-state index is 0.281. The summed E-state index contributed by atoms with van der Waals surface area (Å²) in [6.45, 7) is 0. The Morgan fingerprint density at radius 3 is 2.45 bits per heavy atom. The third-order valence-corrected chi connectivity index (χ3v) is 4.98. The van der Waals surface area contributed by atoms with Crippen LogP contribution >= 0.6 is 15.9 Å². The number of benzene rings is 2. The summed E-state index contributed by atoms with van der Waals surface area (Å²) in [6, 6.07) is 13.4. The average molecular weight is 333 g/mol. The lowest BCUT2D eigenvalue weighted by Crippen LogP contribution is -2.34. The zero-order chi connectivity index (χ0) is 13.9. The number of nitrogens with one attached hydrogen (secondary N) is 1. The van der Waals surface area contributed by atoms with Gasteiger partial charge in [0, 0.05) is 10.5 Å². The van der Waals surface area contributed by atoms with Gasteiger partial charge in [-0.15, -0.1) is 0 Å². The number of hydrogen-bond acceptors (Lipinski definition) is 2. The molecule has 106 valence electrons. The molecule has 1 unspecified atom stereocenters. The highest BCUT2D eigenvalue weighted by atomic mass is 79.9. The van der Waals surface area contributed by atoms with Crippen molar-refractivity contribution in [3.05, 3.63) is 46.4 Å². The average Bonchev–Trinajstić information content (AvgIpc) is 2.49. The summed E-state index contributed by atoms with van der Waals surface area (Å²) < 4.78 is 1.12. The molecule has 0 radical (unpaired) electrons. The first kappa shape index (κ1) is 14.1. The summed E-state index contributed by atoms with van der Waals surface area (Å²) in [5.41, 5.74) is 4.37. The van der Waals surface area contributed by atoms with Crippen molar-refractivity contribution < 1.29 is 0 Å². The van der Waals surface area contributed by atoms with Crippen LogP contribution in [0.15, 0.2) is 40.9 Å². The summed E-state index contributed by atoms with van der Waals surface area (Å²) in [7, 11) is 0. The van der Waals surface area contributed by atoms with Crippen LogP contribution in [0.5, 0.6) is 0 Å². The highest BCUT2D eigenvalue weighted by Crippen LogP contribution is 2.35. The second-order valence-corrected chi connectivity index (χ2v) is 6.71. The van der Waals surface area contributed by atoms with E-state index in [0.717, 1.165) is 4.47 Å². The first-order chi connectivity index (χ1) is 9.78. The quantitative estimate of drug-likeness (QED) is 0.632. The van der Waals surface area contributed by atoms with Crippen LogP contribution in [0.3, 0.4) is 0 Å². The molecule has 1 saturated carbocycles. The largest absolute Gasteiger partial charge is 0.271 e.